The van der Waals surface area contributed by atoms with Crippen LogP contribution in [-0.4, -0.2) is 60.3 Å². The summed E-state index contributed by atoms with van der Waals surface area (Å²) in [6, 6.07) is 4.58. The standard InChI is InChI=1S/C16H20N2O7S/c1-3-17(14-7-8-26(23,24)10-14)15(19)11(2)25-16(20)12-5-4-6-13(9-12)18(21)22/h4-6,9,11,14H,3,7-8,10H2,1-2H3/t11-,14+/m0/s1. The largest absolute Gasteiger partial charge is 0.449 e. The van der Waals surface area contributed by atoms with E-state index >= 15 is 0 Å². The Morgan fingerprint density at radius 1 is 1.42 bits per heavy atom. The van der Waals surface area contributed by atoms with E-state index in [1.54, 1.807) is 6.92 Å². The van der Waals surface area contributed by atoms with Gasteiger partial charge in [0.05, 0.1) is 22.0 Å². The van der Waals surface area contributed by atoms with Crippen molar-refractivity contribution in [2.75, 3.05) is 18.1 Å². The molecule has 0 radical (unpaired) electrons. The van der Waals surface area contributed by atoms with Crippen molar-refractivity contribution in [2.24, 2.45) is 0 Å². The second-order valence-electron chi connectivity index (χ2n) is 6.04. The Bertz CT molecular complexity index is 822. The number of likely N-dealkylation sites (N-methyl/N-ethyl adjacent to an activating group) is 1. The van der Waals surface area contributed by atoms with Crippen molar-refractivity contribution >= 4 is 27.4 Å². The molecule has 1 heterocycles. The molecule has 2 atom stereocenters. The topological polar surface area (TPSA) is 124 Å². The van der Waals surface area contributed by atoms with E-state index in [4.69, 9.17) is 4.74 Å². The monoisotopic (exact) mass is 384 g/mol. The average Bonchev–Trinajstić information content (AvgIpc) is 2.95. The Labute approximate surface area is 151 Å². The maximum absolute atomic E-state index is 12.6. The molecule has 26 heavy (non-hydrogen) atoms. The number of hydrogen-bond acceptors (Lipinski definition) is 7. The van der Waals surface area contributed by atoms with Gasteiger partial charge in [0.25, 0.3) is 11.6 Å². The summed E-state index contributed by atoms with van der Waals surface area (Å²) in [5, 5.41) is 10.8. The molecule has 0 N–H and O–H groups in total. The van der Waals surface area contributed by atoms with Gasteiger partial charge in [-0.25, -0.2) is 13.2 Å². The molecule has 0 bridgehead atoms. The molecule has 1 fully saturated rings. The summed E-state index contributed by atoms with van der Waals surface area (Å²) in [7, 11) is -3.15. The summed E-state index contributed by atoms with van der Waals surface area (Å²) in [4.78, 5) is 36.3. The van der Waals surface area contributed by atoms with Gasteiger partial charge in [-0.3, -0.25) is 14.9 Å². The van der Waals surface area contributed by atoms with Gasteiger partial charge in [0.2, 0.25) is 0 Å². The fourth-order valence-corrected chi connectivity index (χ4v) is 4.60. The summed E-state index contributed by atoms with van der Waals surface area (Å²) in [5.74, 6) is -1.42. The van der Waals surface area contributed by atoms with Crippen LogP contribution in [0.15, 0.2) is 24.3 Å². The van der Waals surface area contributed by atoms with Crippen molar-refractivity contribution < 1.29 is 27.7 Å². The molecule has 1 aliphatic heterocycles. The number of rotatable bonds is 6. The van der Waals surface area contributed by atoms with Gasteiger partial charge in [-0.05, 0) is 26.3 Å². The normalized spacial score (nSPS) is 19.5. The molecule has 1 saturated heterocycles. The van der Waals surface area contributed by atoms with Crippen molar-refractivity contribution in [3.8, 4) is 0 Å². The number of benzene rings is 1. The first-order chi connectivity index (χ1) is 12.1. The second kappa shape index (κ2) is 7.81. The first-order valence-electron chi connectivity index (χ1n) is 8.11. The number of esters is 1. The summed E-state index contributed by atoms with van der Waals surface area (Å²) in [6.45, 7) is 3.40. The Morgan fingerprint density at radius 2 is 2.12 bits per heavy atom. The zero-order chi connectivity index (χ0) is 19.5. The van der Waals surface area contributed by atoms with Gasteiger partial charge < -0.3 is 9.64 Å². The van der Waals surface area contributed by atoms with Crippen LogP contribution in [0.25, 0.3) is 0 Å². The lowest BCUT2D eigenvalue weighted by atomic mass is 10.2. The molecule has 9 nitrogen and oxygen atoms in total. The summed E-state index contributed by atoms with van der Waals surface area (Å²) in [5.41, 5.74) is -0.296. The van der Waals surface area contributed by atoms with Crippen LogP contribution >= 0.6 is 0 Å². The number of amides is 1. The van der Waals surface area contributed by atoms with E-state index in [1.165, 1.54) is 30.0 Å². The molecular weight excluding hydrogens is 364 g/mol. The number of hydrogen-bond donors (Lipinski definition) is 0. The molecule has 142 valence electrons. The van der Waals surface area contributed by atoms with E-state index in [0.717, 1.165) is 6.07 Å². The number of ether oxygens (including phenoxy) is 1. The summed E-state index contributed by atoms with van der Waals surface area (Å²) >= 11 is 0. The van der Waals surface area contributed by atoms with Gasteiger partial charge in [0.15, 0.2) is 15.9 Å². The van der Waals surface area contributed by atoms with Crippen molar-refractivity contribution in [1.82, 2.24) is 4.90 Å². The van der Waals surface area contributed by atoms with E-state index in [9.17, 15) is 28.1 Å². The zero-order valence-corrected chi connectivity index (χ0v) is 15.3. The lowest BCUT2D eigenvalue weighted by molar-refractivity contribution is -0.384. The highest BCUT2D eigenvalue weighted by Crippen LogP contribution is 2.20. The maximum atomic E-state index is 12.6. The summed E-state index contributed by atoms with van der Waals surface area (Å²) < 4.78 is 28.4. The maximum Gasteiger partial charge on any atom is 0.339 e. The molecule has 0 spiro atoms. The lowest BCUT2D eigenvalue weighted by Gasteiger charge is -2.29. The van der Waals surface area contributed by atoms with Crippen molar-refractivity contribution in [2.45, 2.75) is 32.4 Å². The first kappa shape index (κ1) is 19.8. The predicted molar refractivity (Wildman–Crippen MR) is 92.4 cm³/mol. The number of sulfone groups is 1. The Hall–Kier alpha value is -2.49. The van der Waals surface area contributed by atoms with Crippen LogP contribution in [-0.2, 0) is 19.4 Å². The van der Waals surface area contributed by atoms with Crippen LogP contribution in [0.4, 0.5) is 5.69 Å². The fourth-order valence-electron chi connectivity index (χ4n) is 2.87. The predicted octanol–water partition coefficient (Wildman–Crippen LogP) is 1.18. The minimum absolute atomic E-state index is 0.0310. The zero-order valence-electron chi connectivity index (χ0n) is 14.5. The number of non-ortho nitro benzene ring substituents is 1. The van der Waals surface area contributed by atoms with E-state index in [2.05, 4.69) is 0 Å². The third-order valence-corrected chi connectivity index (χ3v) is 5.95. The molecule has 0 aromatic heterocycles. The summed E-state index contributed by atoms with van der Waals surface area (Å²) in [6.07, 6.45) is -0.780. The molecule has 1 aromatic rings. The van der Waals surface area contributed by atoms with Crippen LogP contribution in [0.3, 0.4) is 0 Å². The molecule has 1 aromatic carbocycles. The quantitative estimate of drug-likeness (QED) is 0.410. The third-order valence-electron chi connectivity index (χ3n) is 4.20. The molecule has 0 saturated carbocycles. The van der Waals surface area contributed by atoms with E-state index in [1.807, 2.05) is 0 Å². The van der Waals surface area contributed by atoms with Gasteiger partial charge in [0, 0.05) is 24.7 Å². The molecule has 10 heteroatoms. The number of carbonyl (C=O) groups excluding carboxylic acids is 2. The number of nitro groups is 1. The SMILES string of the molecule is CCN(C(=O)[C@H](C)OC(=O)c1cccc([N+](=O)[O-])c1)[C@@H]1CCS(=O)(=O)C1. The smallest absolute Gasteiger partial charge is 0.339 e. The van der Waals surface area contributed by atoms with Crippen LogP contribution in [0.2, 0.25) is 0 Å². The molecule has 2 rings (SSSR count). The minimum Gasteiger partial charge on any atom is -0.449 e. The van der Waals surface area contributed by atoms with Gasteiger partial charge in [-0.15, -0.1) is 0 Å². The molecule has 0 aliphatic carbocycles. The Kier molecular flexibility index (Phi) is 5.96. The molecule has 1 aliphatic rings. The molecule has 0 unspecified atom stereocenters. The Balaban J connectivity index is 2.06. The highest BCUT2D eigenvalue weighted by molar-refractivity contribution is 7.91. The van der Waals surface area contributed by atoms with E-state index in [0.29, 0.717) is 6.42 Å². The number of carbonyl (C=O) groups is 2. The van der Waals surface area contributed by atoms with Crippen LogP contribution in [0.1, 0.15) is 30.6 Å². The molecular formula is C16H20N2O7S. The van der Waals surface area contributed by atoms with Crippen molar-refractivity contribution in [1.29, 1.82) is 0 Å². The average molecular weight is 384 g/mol. The number of nitro benzene ring substituents is 1. The van der Waals surface area contributed by atoms with Crippen LogP contribution < -0.4 is 0 Å². The highest BCUT2D eigenvalue weighted by Gasteiger charge is 2.36. The van der Waals surface area contributed by atoms with Gasteiger partial charge in [0.1, 0.15) is 0 Å². The lowest BCUT2D eigenvalue weighted by Crippen LogP contribution is -2.46. The van der Waals surface area contributed by atoms with Crippen molar-refractivity contribution in [3.63, 3.8) is 0 Å². The van der Waals surface area contributed by atoms with Gasteiger partial charge in [-0.2, -0.15) is 0 Å². The highest BCUT2D eigenvalue weighted by atomic mass is 32.2. The minimum atomic E-state index is -3.15. The van der Waals surface area contributed by atoms with Crippen LogP contribution in [0.5, 0.6) is 0 Å². The van der Waals surface area contributed by atoms with E-state index < -0.39 is 38.8 Å². The van der Waals surface area contributed by atoms with Crippen LogP contribution in [0, 0.1) is 10.1 Å². The fraction of sp³-hybridized carbons (Fsp3) is 0.500. The second-order valence-corrected chi connectivity index (χ2v) is 8.26. The van der Waals surface area contributed by atoms with Crippen molar-refractivity contribution in [3.05, 3.63) is 39.9 Å². The Morgan fingerprint density at radius 3 is 2.65 bits per heavy atom. The van der Waals surface area contributed by atoms with Gasteiger partial charge >= 0.3 is 5.97 Å². The first-order valence-corrected chi connectivity index (χ1v) is 9.93. The third kappa shape index (κ3) is 4.57. The molecule has 1 amide bonds. The van der Waals surface area contributed by atoms with Gasteiger partial charge in [-0.1, -0.05) is 6.07 Å². The van der Waals surface area contributed by atoms with E-state index in [-0.39, 0.29) is 29.3 Å². The number of nitrogens with zero attached hydrogens (tertiary/aromatic N) is 2.